The third-order valence-corrected chi connectivity index (χ3v) is 2.85. The van der Waals surface area contributed by atoms with Crippen molar-refractivity contribution in [1.29, 1.82) is 0 Å². The van der Waals surface area contributed by atoms with E-state index in [1.54, 1.807) is 31.4 Å². The minimum atomic E-state index is -0.833. The number of amides is 2. The monoisotopic (exact) mass is 311 g/mol. The van der Waals surface area contributed by atoms with E-state index in [2.05, 4.69) is 16.0 Å². The van der Waals surface area contributed by atoms with E-state index < -0.39 is 12.1 Å². The summed E-state index contributed by atoms with van der Waals surface area (Å²) < 4.78 is 5.03. The number of benzene rings is 1. The molecule has 0 spiro atoms. The number of ether oxygens (including phenoxy) is 1. The van der Waals surface area contributed by atoms with Crippen molar-refractivity contribution in [1.82, 2.24) is 10.6 Å². The molecular weight excluding hydrogens is 290 g/mol. The van der Waals surface area contributed by atoms with Gasteiger partial charge in [-0.2, -0.15) is 0 Å². The third kappa shape index (κ3) is 6.42. The minimum Gasteiger partial charge on any atom is -0.497 e. The molecule has 0 bridgehead atoms. The van der Waals surface area contributed by atoms with Crippen LogP contribution in [0.3, 0.4) is 0 Å². The number of carbonyl (C=O) groups excluding carboxylic acids is 1. The first-order valence-corrected chi connectivity index (χ1v) is 6.72. The molecule has 22 heavy (non-hydrogen) atoms. The van der Waals surface area contributed by atoms with Crippen molar-refractivity contribution in [2.45, 2.75) is 19.1 Å². The highest BCUT2D eigenvalue weighted by Gasteiger charge is 2.26. The van der Waals surface area contributed by atoms with E-state index in [1.807, 2.05) is 0 Å². The van der Waals surface area contributed by atoms with Gasteiger partial charge in [0.15, 0.2) is 0 Å². The van der Waals surface area contributed by atoms with E-state index in [1.165, 1.54) is 0 Å². The lowest BCUT2D eigenvalue weighted by molar-refractivity contribution is -0.134. The molecule has 1 aromatic rings. The number of hydrogen-bond donors (Lipinski definition) is 5. The second kappa shape index (κ2) is 8.85. The summed E-state index contributed by atoms with van der Waals surface area (Å²) in [6.45, 7) is 2.17. The van der Waals surface area contributed by atoms with E-state index in [0.717, 1.165) is 12.7 Å². The van der Waals surface area contributed by atoms with Gasteiger partial charge in [0.2, 0.25) is 0 Å². The average molecular weight is 311 g/mol. The number of aliphatic carboxylic acids is 1. The predicted molar refractivity (Wildman–Crippen MR) is 81.1 cm³/mol. The van der Waals surface area contributed by atoms with Crippen LogP contribution < -0.4 is 20.7 Å². The van der Waals surface area contributed by atoms with E-state index >= 15 is 0 Å². The fourth-order valence-corrected chi connectivity index (χ4v) is 1.82. The van der Waals surface area contributed by atoms with Crippen molar-refractivity contribution < 1.29 is 24.5 Å². The molecule has 0 aromatic heterocycles. The van der Waals surface area contributed by atoms with Gasteiger partial charge in [0.1, 0.15) is 5.75 Å². The van der Waals surface area contributed by atoms with Crippen LogP contribution in [0.25, 0.3) is 0 Å². The molecule has 2 amide bonds. The zero-order chi connectivity index (χ0) is 16.5. The molecule has 8 nitrogen and oxygen atoms in total. The van der Waals surface area contributed by atoms with Crippen molar-refractivity contribution in [3.8, 4) is 5.75 Å². The fraction of sp³-hybridized carbons (Fsp3) is 0.429. The van der Waals surface area contributed by atoms with Gasteiger partial charge in [0.25, 0.3) is 5.97 Å². The van der Waals surface area contributed by atoms with E-state index in [0.29, 0.717) is 18.8 Å². The summed E-state index contributed by atoms with van der Waals surface area (Å²) in [5, 5.41) is 25.4. The van der Waals surface area contributed by atoms with Crippen molar-refractivity contribution in [2.75, 3.05) is 25.5 Å². The largest absolute Gasteiger partial charge is 0.497 e. The number of aliphatic hydroxyl groups is 1. The Labute approximate surface area is 128 Å². The van der Waals surface area contributed by atoms with Crippen molar-refractivity contribution in [2.24, 2.45) is 0 Å². The SMILES string of the molecule is CC(=O)O.COc1ccc(NC(=O)N[C@@H]2CNC[C@H]2O)cc1. The number of anilines is 1. The van der Waals surface area contributed by atoms with Crippen molar-refractivity contribution in [3.63, 3.8) is 0 Å². The number of β-amino-alcohol motifs (C(OH)–C–C–N with tert-alkyl or cyclic N) is 1. The Kier molecular flexibility index (Phi) is 7.14. The van der Waals surface area contributed by atoms with Crippen LogP contribution in [0.15, 0.2) is 24.3 Å². The van der Waals surface area contributed by atoms with Gasteiger partial charge in [0.05, 0.1) is 19.3 Å². The van der Waals surface area contributed by atoms with Crippen LogP contribution in [0.5, 0.6) is 5.75 Å². The molecule has 1 heterocycles. The number of carbonyl (C=O) groups is 2. The highest BCUT2D eigenvalue weighted by atomic mass is 16.5. The Hall–Kier alpha value is -2.32. The molecule has 1 fully saturated rings. The summed E-state index contributed by atoms with van der Waals surface area (Å²) in [5.41, 5.74) is 0.675. The lowest BCUT2D eigenvalue weighted by atomic mass is 10.2. The molecule has 1 aromatic carbocycles. The van der Waals surface area contributed by atoms with Gasteiger partial charge in [0, 0.05) is 25.7 Å². The van der Waals surface area contributed by atoms with E-state index in [-0.39, 0.29) is 12.1 Å². The lowest BCUT2D eigenvalue weighted by Gasteiger charge is -2.16. The van der Waals surface area contributed by atoms with E-state index in [4.69, 9.17) is 14.6 Å². The topological polar surface area (TPSA) is 120 Å². The normalized spacial score (nSPS) is 19.6. The number of hydrogen-bond acceptors (Lipinski definition) is 5. The Morgan fingerprint density at radius 3 is 2.32 bits per heavy atom. The van der Waals surface area contributed by atoms with Gasteiger partial charge in [-0.15, -0.1) is 0 Å². The molecule has 0 unspecified atom stereocenters. The fourth-order valence-electron chi connectivity index (χ4n) is 1.82. The predicted octanol–water partition coefficient (Wildman–Crippen LogP) is 0.240. The number of methoxy groups -OCH3 is 1. The van der Waals surface area contributed by atoms with Crippen LogP contribution in [0, 0.1) is 0 Å². The number of nitrogens with one attached hydrogen (secondary N) is 3. The zero-order valence-corrected chi connectivity index (χ0v) is 12.5. The number of aliphatic hydroxyl groups excluding tert-OH is 1. The van der Waals surface area contributed by atoms with Gasteiger partial charge < -0.3 is 30.9 Å². The maximum atomic E-state index is 11.7. The lowest BCUT2D eigenvalue weighted by Crippen LogP contribution is -2.44. The first kappa shape index (κ1) is 17.7. The average Bonchev–Trinajstić information content (AvgIpc) is 2.84. The molecule has 8 heteroatoms. The first-order valence-electron chi connectivity index (χ1n) is 6.72. The number of urea groups is 1. The molecule has 0 radical (unpaired) electrons. The summed E-state index contributed by atoms with van der Waals surface area (Å²) in [5.74, 6) is -0.101. The van der Waals surface area contributed by atoms with Crippen LogP contribution in [0.1, 0.15) is 6.92 Å². The maximum absolute atomic E-state index is 11.7. The standard InChI is InChI=1S/C12H17N3O3.C2H4O2/c1-18-9-4-2-8(3-5-9)14-12(17)15-10-6-13-7-11(10)16;1-2(3)4/h2-5,10-11,13,16H,6-7H2,1H3,(H2,14,15,17);1H3,(H,3,4)/t10-,11-;/m1./s1. The first-order chi connectivity index (χ1) is 10.4. The smallest absolute Gasteiger partial charge is 0.319 e. The third-order valence-electron chi connectivity index (χ3n) is 2.85. The Balaban J connectivity index is 0.000000541. The van der Waals surface area contributed by atoms with Crippen LogP contribution in [-0.4, -0.2) is 54.6 Å². The second-order valence-corrected chi connectivity index (χ2v) is 4.68. The number of carboxylic acid groups (broad SMARTS) is 1. The molecule has 122 valence electrons. The minimum absolute atomic E-state index is 0.247. The van der Waals surface area contributed by atoms with Gasteiger partial charge >= 0.3 is 6.03 Å². The molecule has 0 saturated carbocycles. The van der Waals surface area contributed by atoms with Gasteiger partial charge in [-0.25, -0.2) is 4.79 Å². The highest BCUT2D eigenvalue weighted by molar-refractivity contribution is 5.89. The van der Waals surface area contributed by atoms with Crippen LogP contribution in [0.4, 0.5) is 10.5 Å². The maximum Gasteiger partial charge on any atom is 0.319 e. The summed E-state index contributed by atoms with van der Waals surface area (Å²) in [6, 6.07) is 6.46. The van der Waals surface area contributed by atoms with E-state index in [9.17, 15) is 9.90 Å². The van der Waals surface area contributed by atoms with Crippen LogP contribution in [0.2, 0.25) is 0 Å². The molecule has 1 aliphatic heterocycles. The zero-order valence-electron chi connectivity index (χ0n) is 12.5. The van der Waals surface area contributed by atoms with Gasteiger partial charge in [-0.05, 0) is 24.3 Å². The number of rotatable bonds is 3. The Bertz CT molecular complexity index is 488. The van der Waals surface area contributed by atoms with Gasteiger partial charge in [-0.3, -0.25) is 4.79 Å². The molecule has 0 aliphatic carbocycles. The summed E-state index contributed by atoms with van der Waals surface area (Å²) >= 11 is 0. The van der Waals surface area contributed by atoms with Crippen molar-refractivity contribution in [3.05, 3.63) is 24.3 Å². The quantitative estimate of drug-likeness (QED) is 0.545. The molecule has 1 saturated heterocycles. The molecule has 1 aliphatic rings. The molecular formula is C14H21N3O5. The Morgan fingerprint density at radius 1 is 1.27 bits per heavy atom. The summed E-state index contributed by atoms with van der Waals surface area (Å²) in [6.07, 6.45) is -0.536. The Morgan fingerprint density at radius 2 is 1.86 bits per heavy atom. The molecule has 5 N–H and O–H groups in total. The van der Waals surface area contributed by atoms with Crippen molar-refractivity contribution >= 4 is 17.7 Å². The van der Waals surface area contributed by atoms with Crippen LogP contribution >= 0.6 is 0 Å². The highest BCUT2D eigenvalue weighted by Crippen LogP contribution is 2.14. The number of carboxylic acids is 1. The summed E-state index contributed by atoms with van der Waals surface area (Å²) in [7, 11) is 1.59. The van der Waals surface area contributed by atoms with Gasteiger partial charge in [-0.1, -0.05) is 0 Å². The molecule has 2 atom stereocenters. The van der Waals surface area contributed by atoms with Crippen LogP contribution in [-0.2, 0) is 4.79 Å². The molecule has 2 rings (SSSR count). The summed E-state index contributed by atoms with van der Waals surface area (Å²) in [4.78, 5) is 20.7. The second-order valence-electron chi connectivity index (χ2n) is 4.68.